The number of anilines is 1. The van der Waals surface area contributed by atoms with Crippen LogP contribution in [0.3, 0.4) is 0 Å². The molecule has 0 N–H and O–H groups in total. The van der Waals surface area contributed by atoms with Crippen LogP contribution >= 0.6 is 0 Å². The van der Waals surface area contributed by atoms with Gasteiger partial charge in [-0.25, -0.2) is 9.97 Å². The van der Waals surface area contributed by atoms with Crippen molar-refractivity contribution in [2.45, 2.75) is 32.3 Å². The fraction of sp³-hybridized carbons (Fsp3) is 0.706. The smallest absolute Gasteiger partial charge is 0.163 e. The maximum absolute atomic E-state index is 6.12. The Morgan fingerprint density at radius 1 is 1.17 bits per heavy atom. The number of nitrogens with zero attached hydrogens (tertiary/aromatic N) is 6. The van der Waals surface area contributed by atoms with E-state index in [2.05, 4.69) is 24.9 Å². The summed E-state index contributed by atoms with van der Waals surface area (Å²) in [6.07, 6.45) is 5.56. The van der Waals surface area contributed by atoms with Crippen molar-refractivity contribution in [2.24, 2.45) is 7.05 Å². The Hall–Kier alpha value is -1.73. The van der Waals surface area contributed by atoms with Crippen molar-refractivity contribution in [3.05, 3.63) is 12.0 Å². The monoisotopic (exact) mass is 330 g/mol. The van der Waals surface area contributed by atoms with Gasteiger partial charge in [0.05, 0.1) is 17.2 Å². The van der Waals surface area contributed by atoms with Gasteiger partial charge in [0.1, 0.15) is 12.1 Å². The van der Waals surface area contributed by atoms with Gasteiger partial charge in [-0.3, -0.25) is 4.68 Å². The maximum atomic E-state index is 6.12. The van der Waals surface area contributed by atoms with Gasteiger partial charge in [0.25, 0.3) is 0 Å². The van der Waals surface area contributed by atoms with Crippen LogP contribution in [0.2, 0.25) is 0 Å². The summed E-state index contributed by atoms with van der Waals surface area (Å²) >= 11 is 0. The molecule has 2 saturated heterocycles. The molecule has 4 heterocycles. The van der Waals surface area contributed by atoms with Crippen LogP contribution in [0.5, 0.6) is 0 Å². The van der Waals surface area contributed by atoms with Gasteiger partial charge in [0.15, 0.2) is 5.65 Å². The van der Waals surface area contributed by atoms with Crippen LogP contribution in [0.25, 0.3) is 11.0 Å². The quantitative estimate of drug-likeness (QED) is 0.847. The Morgan fingerprint density at radius 3 is 2.83 bits per heavy atom. The lowest BCUT2D eigenvalue weighted by molar-refractivity contribution is 0.0450. The molecule has 2 aliphatic heterocycles. The topological polar surface area (TPSA) is 59.3 Å². The second-order valence-electron chi connectivity index (χ2n) is 6.90. The average Bonchev–Trinajstić information content (AvgIpc) is 3.10. The summed E-state index contributed by atoms with van der Waals surface area (Å²) in [5.41, 5.74) is 1.89. The van der Waals surface area contributed by atoms with Crippen molar-refractivity contribution in [1.29, 1.82) is 0 Å². The molecular formula is C17H26N6O. The van der Waals surface area contributed by atoms with Crippen LogP contribution in [-0.2, 0) is 11.8 Å². The van der Waals surface area contributed by atoms with Crippen molar-refractivity contribution in [3.8, 4) is 0 Å². The zero-order valence-electron chi connectivity index (χ0n) is 14.6. The first-order chi connectivity index (χ1) is 11.7. The molecule has 0 saturated carbocycles. The molecule has 0 bridgehead atoms. The first-order valence-electron chi connectivity index (χ1n) is 8.95. The van der Waals surface area contributed by atoms with Crippen LogP contribution in [0.4, 0.5) is 5.82 Å². The Bertz CT molecular complexity index is 708. The Labute approximate surface area is 142 Å². The van der Waals surface area contributed by atoms with E-state index >= 15 is 0 Å². The van der Waals surface area contributed by atoms with Crippen molar-refractivity contribution in [2.75, 3.05) is 44.2 Å². The third-order valence-corrected chi connectivity index (χ3v) is 5.09. The van der Waals surface area contributed by atoms with E-state index < -0.39 is 0 Å². The van der Waals surface area contributed by atoms with Crippen LogP contribution in [0.1, 0.15) is 25.0 Å². The van der Waals surface area contributed by atoms with Gasteiger partial charge in [0.2, 0.25) is 0 Å². The highest BCUT2D eigenvalue weighted by molar-refractivity contribution is 5.89. The van der Waals surface area contributed by atoms with Crippen molar-refractivity contribution in [3.63, 3.8) is 0 Å². The summed E-state index contributed by atoms with van der Waals surface area (Å²) in [5.74, 6) is 1.00. The highest BCUT2D eigenvalue weighted by atomic mass is 16.5. The maximum Gasteiger partial charge on any atom is 0.163 e. The van der Waals surface area contributed by atoms with E-state index in [-0.39, 0.29) is 6.10 Å². The van der Waals surface area contributed by atoms with E-state index in [1.807, 2.05) is 18.7 Å². The molecule has 7 nitrogen and oxygen atoms in total. The highest BCUT2D eigenvalue weighted by Crippen LogP contribution is 2.27. The number of aryl methyl sites for hydroxylation is 2. The fourth-order valence-electron chi connectivity index (χ4n) is 3.95. The number of hydrogen-bond acceptors (Lipinski definition) is 6. The van der Waals surface area contributed by atoms with Gasteiger partial charge in [-0.1, -0.05) is 0 Å². The molecule has 0 unspecified atom stereocenters. The van der Waals surface area contributed by atoms with Gasteiger partial charge >= 0.3 is 0 Å². The molecule has 2 aromatic heterocycles. The lowest BCUT2D eigenvalue weighted by atomic mass is 10.2. The largest absolute Gasteiger partial charge is 0.375 e. The molecule has 2 aromatic rings. The minimum atomic E-state index is 0.243. The summed E-state index contributed by atoms with van der Waals surface area (Å²) in [6, 6.07) is 0. The van der Waals surface area contributed by atoms with Crippen LogP contribution in [-0.4, -0.2) is 70.1 Å². The molecule has 0 radical (unpaired) electrons. The summed E-state index contributed by atoms with van der Waals surface area (Å²) in [5, 5.41) is 5.59. The Morgan fingerprint density at radius 2 is 2.00 bits per heavy atom. The average molecular weight is 330 g/mol. The second-order valence-corrected chi connectivity index (χ2v) is 6.90. The third-order valence-electron chi connectivity index (χ3n) is 5.09. The van der Waals surface area contributed by atoms with E-state index in [1.165, 1.54) is 25.9 Å². The number of hydrogen-bond donors (Lipinski definition) is 0. The van der Waals surface area contributed by atoms with Crippen LogP contribution < -0.4 is 4.90 Å². The van der Waals surface area contributed by atoms with E-state index in [0.717, 1.165) is 55.2 Å². The molecule has 2 fully saturated rings. The predicted octanol–water partition coefficient (Wildman–Crippen LogP) is 1.36. The van der Waals surface area contributed by atoms with Crippen molar-refractivity contribution in [1.82, 2.24) is 24.6 Å². The number of ether oxygens (including phenoxy) is 1. The van der Waals surface area contributed by atoms with Gasteiger partial charge in [0, 0.05) is 33.3 Å². The standard InChI is InChI=1S/C17H26N6O/c1-13-15-16(21(2)20-13)18-12-19-17(15)23-8-5-9-24-14(11-23)10-22-6-3-4-7-22/h12,14H,3-11H2,1-2H3/t14-/m0/s1. The van der Waals surface area contributed by atoms with E-state index in [4.69, 9.17) is 4.74 Å². The molecular weight excluding hydrogens is 304 g/mol. The SMILES string of the molecule is Cc1nn(C)c2ncnc(N3CCCO[C@@H](CN4CCCC4)C3)c12. The number of rotatable bonds is 3. The number of aromatic nitrogens is 4. The normalized spacial score (nSPS) is 23.1. The summed E-state index contributed by atoms with van der Waals surface area (Å²) in [6.45, 7) is 8.16. The molecule has 0 amide bonds. The molecule has 0 aliphatic carbocycles. The first-order valence-corrected chi connectivity index (χ1v) is 8.95. The van der Waals surface area contributed by atoms with Crippen molar-refractivity contribution < 1.29 is 4.74 Å². The summed E-state index contributed by atoms with van der Waals surface area (Å²) in [7, 11) is 1.94. The lowest BCUT2D eigenvalue weighted by Gasteiger charge is -2.28. The summed E-state index contributed by atoms with van der Waals surface area (Å²) in [4.78, 5) is 13.9. The van der Waals surface area contributed by atoms with E-state index in [9.17, 15) is 0 Å². The van der Waals surface area contributed by atoms with Crippen molar-refractivity contribution >= 4 is 16.9 Å². The zero-order chi connectivity index (χ0) is 16.5. The first kappa shape index (κ1) is 15.8. The lowest BCUT2D eigenvalue weighted by Crippen LogP contribution is -2.39. The second kappa shape index (κ2) is 6.64. The number of fused-ring (bicyclic) bond motifs is 1. The van der Waals surface area contributed by atoms with E-state index in [0.29, 0.717) is 0 Å². The molecule has 130 valence electrons. The zero-order valence-corrected chi connectivity index (χ0v) is 14.6. The number of likely N-dealkylation sites (tertiary alicyclic amines) is 1. The molecule has 2 aliphatic rings. The summed E-state index contributed by atoms with van der Waals surface area (Å²) < 4.78 is 7.96. The van der Waals surface area contributed by atoms with Crippen LogP contribution in [0, 0.1) is 6.92 Å². The van der Waals surface area contributed by atoms with Gasteiger partial charge in [-0.2, -0.15) is 5.10 Å². The molecule has 7 heteroatoms. The Balaban J connectivity index is 1.60. The molecule has 4 rings (SSSR count). The molecule has 0 aromatic carbocycles. The van der Waals surface area contributed by atoms with Crippen LogP contribution in [0.15, 0.2) is 6.33 Å². The third kappa shape index (κ3) is 2.98. The molecule has 1 atom stereocenters. The Kier molecular flexibility index (Phi) is 4.37. The predicted molar refractivity (Wildman–Crippen MR) is 93.3 cm³/mol. The van der Waals surface area contributed by atoms with Gasteiger partial charge in [-0.05, 0) is 39.3 Å². The van der Waals surface area contributed by atoms with Gasteiger partial charge < -0.3 is 14.5 Å². The van der Waals surface area contributed by atoms with Gasteiger partial charge in [-0.15, -0.1) is 0 Å². The van der Waals surface area contributed by atoms with E-state index in [1.54, 1.807) is 6.33 Å². The minimum Gasteiger partial charge on any atom is -0.375 e. The molecule has 24 heavy (non-hydrogen) atoms. The highest BCUT2D eigenvalue weighted by Gasteiger charge is 2.25. The minimum absolute atomic E-state index is 0.243. The molecule has 0 spiro atoms. The fourth-order valence-corrected chi connectivity index (χ4v) is 3.95.